The van der Waals surface area contributed by atoms with E-state index in [4.69, 9.17) is 4.74 Å². The van der Waals surface area contributed by atoms with Crippen LogP contribution in [-0.2, 0) is 0 Å². The zero-order valence-corrected chi connectivity index (χ0v) is 8.49. The van der Waals surface area contributed by atoms with E-state index in [9.17, 15) is 5.11 Å². The van der Waals surface area contributed by atoms with Crippen LogP contribution in [0.2, 0.25) is 0 Å². The zero-order chi connectivity index (χ0) is 9.97. The highest BCUT2D eigenvalue weighted by molar-refractivity contribution is 5.47. The molecule has 1 aromatic rings. The number of phenols is 1. The van der Waals surface area contributed by atoms with Crippen LogP contribution in [0, 0.1) is 0 Å². The number of aromatic hydroxyl groups is 1. The molecule has 1 aromatic carbocycles. The molecule has 2 heteroatoms. The van der Waals surface area contributed by atoms with Gasteiger partial charge in [-0.15, -0.1) is 0 Å². The maximum absolute atomic E-state index is 9.92. The van der Waals surface area contributed by atoms with Gasteiger partial charge in [0, 0.05) is 5.56 Å². The number of rotatable bonds is 2. The highest BCUT2D eigenvalue weighted by atomic mass is 16.5. The summed E-state index contributed by atoms with van der Waals surface area (Å²) < 4.78 is 5.10. The third-order valence-corrected chi connectivity index (χ3v) is 3.05. The lowest BCUT2D eigenvalue weighted by Gasteiger charge is -2.13. The summed E-state index contributed by atoms with van der Waals surface area (Å²) in [6.07, 6.45) is 4.95. The average molecular weight is 192 g/mol. The Morgan fingerprint density at radius 1 is 1.29 bits per heavy atom. The van der Waals surface area contributed by atoms with Gasteiger partial charge >= 0.3 is 0 Å². The molecule has 2 rings (SSSR count). The van der Waals surface area contributed by atoms with E-state index in [0.29, 0.717) is 17.4 Å². The number of hydrogen-bond donors (Lipinski definition) is 1. The molecule has 0 atom stereocenters. The van der Waals surface area contributed by atoms with Crippen molar-refractivity contribution in [1.82, 2.24) is 0 Å². The Morgan fingerprint density at radius 2 is 2.00 bits per heavy atom. The van der Waals surface area contributed by atoms with Gasteiger partial charge in [0.2, 0.25) is 0 Å². The molecule has 14 heavy (non-hydrogen) atoms. The van der Waals surface area contributed by atoms with Crippen LogP contribution >= 0.6 is 0 Å². The Bertz CT molecular complexity index is 314. The molecular weight excluding hydrogens is 176 g/mol. The van der Waals surface area contributed by atoms with Gasteiger partial charge in [0.05, 0.1) is 7.11 Å². The van der Waals surface area contributed by atoms with Crippen LogP contribution in [0.3, 0.4) is 0 Å². The van der Waals surface area contributed by atoms with Crippen LogP contribution < -0.4 is 4.74 Å². The molecule has 0 aliphatic heterocycles. The highest BCUT2D eigenvalue weighted by Gasteiger charge is 2.21. The van der Waals surface area contributed by atoms with E-state index in [1.54, 1.807) is 13.2 Å². The van der Waals surface area contributed by atoms with E-state index in [1.165, 1.54) is 25.7 Å². The van der Waals surface area contributed by atoms with E-state index in [0.717, 1.165) is 5.56 Å². The SMILES string of the molecule is COc1cccc(C2CCCC2)c1O. The van der Waals surface area contributed by atoms with Crippen molar-refractivity contribution in [2.75, 3.05) is 7.11 Å². The van der Waals surface area contributed by atoms with E-state index in [-0.39, 0.29) is 0 Å². The topological polar surface area (TPSA) is 29.5 Å². The fraction of sp³-hybridized carbons (Fsp3) is 0.500. The van der Waals surface area contributed by atoms with E-state index in [2.05, 4.69) is 0 Å². The molecule has 0 spiro atoms. The molecule has 76 valence electrons. The summed E-state index contributed by atoms with van der Waals surface area (Å²) >= 11 is 0. The predicted molar refractivity (Wildman–Crippen MR) is 55.9 cm³/mol. The molecule has 1 fully saturated rings. The predicted octanol–water partition coefficient (Wildman–Crippen LogP) is 3.06. The van der Waals surface area contributed by atoms with Crippen LogP contribution in [0.5, 0.6) is 11.5 Å². The molecule has 1 N–H and O–H groups in total. The molecule has 0 saturated heterocycles. The van der Waals surface area contributed by atoms with Crippen LogP contribution in [0.25, 0.3) is 0 Å². The molecule has 0 radical (unpaired) electrons. The summed E-state index contributed by atoms with van der Waals surface area (Å²) in [5.41, 5.74) is 1.06. The minimum absolute atomic E-state index is 0.335. The van der Waals surface area contributed by atoms with Crippen molar-refractivity contribution in [2.45, 2.75) is 31.6 Å². The van der Waals surface area contributed by atoms with E-state index < -0.39 is 0 Å². The summed E-state index contributed by atoms with van der Waals surface area (Å²) in [6.45, 7) is 0. The first kappa shape index (κ1) is 9.38. The number of methoxy groups -OCH3 is 1. The van der Waals surface area contributed by atoms with Gasteiger partial charge in [-0.2, -0.15) is 0 Å². The monoisotopic (exact) mass is 192 g/mol. The molecule has 0 aromatic heterocycles. The Kier molecular flexibility index (Phi) is 2.62. The van der Waals surface area contributed by atoms with E-state index in [1.807, 2.05) is 12.1 Å². The number of ether oxygens (including phenoxy) is 1. The van der Waals surface area contributed by atoms with Gasteiger partial charge in [-0.05, 0) is 24.8 Å². The first-order valence-corrected chi connectivity index (χ1v) is 5.19. The van der Waals surface area contributed by atoms with Gasteiger partial charge in [-0.1, -0.05) is 25.0 Å². The van der Waals surface area contributed by atoms with Crippen LogP contribution in [0.4, 0.5) is 0 Å². The summed E-state index contributed by atoms with van der Waals surface area (Å²) in [4.78, 5) is 0. The first-order chi connectivity index (χ1) is 6.83. The van der Waals surface area contributed by atoms with Gasteiger partial charge in [0.1, 0.15) is 0 Å². The second-order valence-corrected chi connectivity index (χ2v) is 3.88. The minimum atomic E-state index is 0.335. The van der Waals surface area contributed by atoms with Crippen LogP contribution in [-0.4, -0.2) is 12.2 Å². The molecule has 2 nitrogen and oxygen atoms in total. The fourth-order valence-electron chi connectivity index (χ4n) is 2.27. The van der Waals surface area contributed by atoms with Crippen molar-refractivity contribution in [1.29, 1.82) is 0 Å². The van der Waals surface area contributed by atoms with Gasteiger partial charge in [0.15, 0.2) is 11.5 Å². The van der Waals surface area contributed by atoms with Crippen molar-refractivity contribution in [3.05, 3.63) is 23.8 Å². The highest BCUT2D eigenvalue weighted by Crippen LogP contribution is 2.41. The van der Waals surface area contributed by atoms with Crippen molar-refractivity contribution in [2.24, 2.45) is 0 Å². The normalized spacial score (nSPS) is 17.2. The maximum atomic E-state index is 9.92. The third kappa shape index (κ3) is 1.57. The largest absolute Gasteiger partial charge is 0.504 e. The third-order valence-electron chi connectivity index (χ3n) is 3.05. The lowest BCUT2D eigenvalue weighted by molar-refractivity contribution is 0.368. The summed E-state index contributed by atoms with van der Waals surface area (Å²) in [5, 5.41) is 9.92. The molecule has 1 aliphatic rings. The first-order valence-electron chi connectivity index (χ1n) is 5.19. The number of para-hydroxylation sites is 1. The van der Waals surface area contributed by atoms with Crippen molar-refractivity contribution >= 4 is 0 Å². The second-order valence-electron chi connectivity index (χ2n) is 3.88. The maximum Gasteiger partial charge on any atom is 0.161 e. The number of hydrogen-bond acceptors (Lipinski definition) is 2. The summed E-state index contributed by atoms with van der Waals surface area (Å²) in [7, 11) is 1.59. The summed E-state index contributed by atoms with van der Waals surface area (Å²) in [6, 6.07) is 5.76. The van der Waals surface area contributed by atoms with Gasteiger partial charge in [-0.3, -0.25) is 0 Å². The molecule has 1 saturated carbocycles. The Hall–Kier alpha value is -1.18. The molecule has 0 unspecified atom stereocenters. The Balaban J connectivity index is 2.32. The minimum Gasteiger partial charge on any atom is -0.504 e. The van der Waals surface area contributed by atoms with Crippen LogP contribution in [0.1, 0.15) is 37.2 Å². The van der Waals surface area contributed by atoms with Gasteiger partial charge in [-0.25, -0.2) is 0 Å². The second kappa shape index (κ2) is 3.91. The molecule has 0 amide bonds. The Labute approximate surface area is 84.5 Å². The molecule has 1 aliphatic carbocycles. The lowest BCUT2D eigenvalue weighted by atomic mass is 9.96. The average Bonchev–Trinajstić information content (AvgIpc) is 2.71. The lowest BCUT2D eigenvalue weighted by Crippen LogP contribution is -1.94. The number of benzene rings is 1. The van der Waals surface area contributed by atoms with Gasteiger partial charge < -0.3 is 9.84 Å². The van der Waals surface area contributed by atoms with Crippen LogP contribution in [0.15, 0.2) is 18.2 Å². The van der Waals surface area contributed by atoms with Gasteiger partial charge in [0.25, 0.3) is 0 Å². The smallest absolute Gasteiger partial charge is 0.161 e. The summed E-state index contributed by atoms with van der Waals surface area (Å²) in [5.74, 6) is 1.46. The van der Waals surface area contributed by atoms with Crippen molar-refractivity contribution in [3.63, 3.8) is 0 Å². The van der Waals surface area contributed by atoms with E-state index >= 15 is 0 Å². The standard InChI is InChI=1S/C12H16O2/c1-14-11-8-4-7-10(12(11)13)9-5-2-3-6-9/h4,7-9,13H,2-3,5-6H2,1H3. The number of phenolic OH excluding ortho intramolecular Hbond substituents is 1. The Morgan fingerprint density at radius 3 is 2.64 bits per heavy atom. The molecular formula is C12H16O2. The molecule has 0 heterocycles. The zero-order valence-electron chi connectivity index (χ0n) is 8.49. The quantitative estimate of drug-likeness (QED) is 0.780. The van der Waals surface area contributed by atoms with Crippen molar-refractivity contribution in [3.8, 4) is 11.5 Å². The van der Waals surface area contributed by atoms with Crippen molar-refractivity contribution < 1.29 is 9.84 Å². The molecule has 0 bridgehead atoms. The fourth-order valence-corrected chi connectivity index (χ4v) is 2.27.